The van der Waals surface area contributed by atoms with Gasteiger partial charge in [-0.3, -0.25) is 4.99 Å². The van der Waals surface area contributed by atoms with E-state index in [0.717, 1.165) is 48.6 Å². The highest BCUT2D eigenvalue weighted by Crippen LogP contribution is 2.33. The van der Waals surface area contributed by atoms with E-state index in [9.17, 15) is 0 Å². The molecule has 0 bridgehead atoms. The number of benzene rings is 1. The molecule has 0 spiro atoms. The number of halogens is 1. The number of nitrogens with zero attached hydrogens (tertiary/aromatic N) is 4. The largest absolute Gasteiger partial charge is 0.497 e. The summed E-state index contributed by atoms with van der Waals surface area (Å²) in [5.74, 6) is 2.79. The Bertz CT molecular complexity index is 789. The normalized spacial score (nSPS) is 14.4. The number of aromatic nitrogens is 3. The summed E-state index contributed by atoms with van der Waals surface area (Å²) in [6.45, 7) is 1.56. The lowest BCUT2D eigenvalue weighted by Gasteiger charge is -2.16. The van der Waals surface area contributed by atoms with E-state index in [-0.39, 0.29) is 24.0 Å². The van der Waals surface area contributed by atoms with Crippen molar-refractivity contribution in [3.63, 3.8) is 0 Å². The molecule has 1 aliphatic carbocycles. The smallest absolute Gasteiger partial charge is 0.191 e. The fourth-order valence-electron chi connectivity index (χ4n) is 3.75. The van der Waals surface area contributed by atoms with Gasteiger partial charge in [-0.15, -0.1) is 34.2 Å². The minimum absolute atomic E-state index is 0. The molecule has 30 heavy (non-hydrogen) atoms. The maximum absolute atomic E-state index is 5.20. The summed E-state index contributed by atoms with van der Waals surface area (Å²) in [5, 5.41) is 16.7. The van der Waals surface area contributed by atoms with Gasteiger partial charge in [-0.1, -0.05) is 36.7 Å². The second kappa shape index (κ2) is 13.0. The molecule has 0 unspecified atom stereocenters. The van der Waals surface area contributed by atoms with Crippen LogP contribution in [-0.4, -0.2) is 47.7 Å². The first-order valence-electron chi connectivity index (χ1n) is 10.3. The Kier molecular flexibility index (Phi) is 10.8. The first kappa shape index (κ1) is 24.8. The van der Waals surface area contributed by atoms with Crippen LogP contribution >= 0.6 is 35.7 Å². The molecule has 1 aliphatic rings. The number of ether oxygens (including phenoxy) is 1. The van der Waals surface area contributed by atoms with Crippen molar-refractivity contribution >= 4 is 41.7 Å². The van der Waals surface area contributed by atoms with Gasteiger partial charge < -0.3 is 19.9 Å². The molecule has 3 rings (SSSR count). The Hall–Kier alpha value is -1.49. The van der Waals surface area contributed by atoms with Crippen LogP contribution in [-0.2, 0) is 13.0 Å². The maximum Gasteiger partial charge on any atom is 0.191 e. The highest BCUT2D eigenvalue weighted by Gasteiger charge is 2.23. The molecule has 1 aromatic heterocycles. The van der Waals surface area contributed by atoms with Crippen molar-refractivity contribution in [3.8, 4) is 5.75 Å². The predicted molar refractivity (Wildman–Crippen MR) is 134 cm³/mol. The van der Waals surface area contributed by atoms with Gasteiger partial charge in [0.2, 0.25) is 0 Å². The number of hydrogen-bond donors (Lipinski definition) is 2. The molecule has 1 fully saturated rings. The van der Waals surface area contributed by atoms with E-state index in [0.29, 0.717) is 6.04 Å². The average molecular weight is 545 g/mol. The summed E-state index contributed by atoms with van der Waals surface area (Å²) in [7, 11) is 3.47. The maximum atomic E-state index is 5.20. The minimum Gasteiger partial charge on any atom is -0.497 e. The van der Waals surface area contributed by atoms with Crippen LogP contribution in [0.3, 0.4) is 0 Å². The number of thioether (sulfide) groups is 1. The van der Waals surface area contributed by atoms with Crippen LogP contribution in [0.4, 0.5) is 0 Å². The summed E-state index contributed by atoms with van der Waals surface area (Å²) in [6, 6.07) is 8.62. The van der Waals surface area contributed by atoms with Gasteiger partial charge in [-0.05, 0) is 43.2 Å². The molecule has 0 atom stereocenters. The lowest BCUT2D eigenvalue weighted by Crippen LogP contribution is -2.37. The standard InChI is InChI=1S/C21H32N6OS.HI/c1-22-20(24-15-16-10-12-18(28-2)13-11-16)23-14-6-9-19-25-26-21(29-3)27(19)17-7-4-5-8-17;/h10-13,17H,4-9,14-15H2,1-3H3,(H2,22,23,24);1H. The number of hydrogen-bond acceptors (Lipinski definition) is 5. The van der Waals surface area contributed by atoms with Crippen LogP contribution in [0.25, 0.3) is 0 Å². The molecule has 0 aliphatic heterocycles. The van der Waals surface area contributed by atoms with Gasteiger partial charge in [0.15, 0.2) is 11.1 Å². The van der Waals surface area contributed by atoms with Crippen molar-refractivity contribution in [1.82, 2.24) is 25.4 Å². The molecule has 0 amide bonds. The van der Waals surface area contributed by atoms with Crippen LogP contribution in [0.2, 0.25) is 0 Å². The Morgan fingerprint density at radius 2 is 1.93 bits per heavy atom. The van der Waals surface area contributed by atoms with Crippen molar-refractivity contribution in [3.05, 3.63) is 35.7 Å². The van der Waals surface area contributed by atoms with E-state index in [2.05, 4.69) is 48.8 Å². The zero-order valence-corrected chi connectivity index (χ0v) is 21.2. The van der Waals surface area contributed by atoms with E-state index in [1.807, 2.05) is 12.1 Å². The van der Waals surface area contributed by atoms with Gasteiger partial charge in [0.05, 0.1) is 7.11 Å². The zero-order chi connectivity index (χ0) is 20.5. The molecule has 7 nitrogen and oxygen atoms in total. The third-order valence-electron chi connectivity index (χ3n) is 5.32. The highest BCUT2D eigenvalue weighted by molar-refractivity contribution is 14.0. The Morgan fingerprint density at radius 3 is 2.57 bits per heavy atom. The minimum atomic E-state index is 0. The van der Waals surface area contributed by atoms with Gasteiger partial charge in [0.25, 0.3) is 0 Å². The average Bonchev–Trinajstić information content (AvgIpc) is 3.43. The summed E-state index contributed by atoms with van der Waals surface area (Å²) in [4.78, 5) is 4.31. The molecule has 0 saturated heterocycles. The molecular weight excluding hydrogens is 511 g/mol. The molecule has 1 aromatic carbocycles. The molecule has 1 heterocycles. The first-order valence-corrected chi connectivity index (χ1v) is 11.5. The third-order valence-corrected chi connectivity index (χ3v) is 5.96. The topological polar surface area (TPSA) is 76.4 Å². The van der Waals surface area contributed by atoms with Crippen LogP contribution in [0, 0.1) is 0 Å². The van der Waals surface area contributed by atoms with Crippen molar-refractivity contribution in [2.24, 2.45) is 4.99 Å². The Morgan fingerprint density at radius 1 is 1.20 bits per heavy atom. The van der Waals surface area contributed by atoms with Crippen LogP contribution in [0.15, 0.2) is 34.4 Å². The lowest BCUT2D eigenvalue weighted by atomic mass is 10.2. The van der Waals surface area contributed by atoms with E-state index in [1.54, 1.807) is 25.9 Å². The molecule has 2 N–H and O–H groups in total. The second-order valence-corrected chi connectivity index (χ2v) is 7.99. The number of aryl methyl sites for hydroxylation is 1. The van der Waals surface area contributed by atoms with E-state index < -0.39 is 0 Å². The van der Waals surface area contributed by atoms with Gasteiger partial charge in [0, 0.05) is 32.6 Å². The van der Waals surface area contributed by atoms with Gasteiger partial charge in [0.1, 0.15) is 11.6 Å². The van der Waals surface area contributed by atoms with E-state index >= 15 is 0 Å². The summed E-state index contributed by atoms with van der Waals surface area (Å²) in [6.07, 6.45) is 9.12. The van der Waals surface area contributed by atoms with E-state index in [1.165, 1.54) is 31.2 Å². The number of nitrogens with one attached hydrogen (secondary N) is 2. The lowest BCUT2D eigenvalue weighted by molar-refractivity contribution is 0.414. The van der Waals surface area contributed by atoms with Gasteiger partial charge in [-0.25, -0.2) is 0 Å². The fraction of sp³-hybridized carbons (Fsp3) is 0.571. The fourth-order valence-corrected chi connectivity index (χ4v) is 4.32. The van der Waals surface area contributed by atoms with Gasteiger partial charge >= 0.3 is 0 Å². The van der Waals surface area contributed by atoms with Crippen LogP contribution < -0.4 is 15.4 Å². The Balaban J connectivity index is 0.00000320. The third kappa shape index (κ3) is 6.76. The Labute approximate surface area is 200 Å². The highest BCUT2D eigenvalue weighted by atomic mass is 127. The van der Waals surface area contributed by atoms with Crippen molar-refractivity contribution < 1.29 is 4.74 Å². The second-order valence-electron chi connectivity index (χ2n) is 7.22. The summed E-state index contributed by atoms with van der Waals surface area (Å²) in [5.41, 5.74) is 1.18. The molecule has 2 aromatic rings. The quantitative estimate of drug-likeness (QED) is 0.163. The molecule has 9 heteroatoms. The number of rotatable bonds is 9. The first-order chi connectivity index (χ1) is 14.2. The van der Waals surface area contributed by atoms with Crippen molar-refractivity contribution in [2.75, 3.05) is 27.0 Å². The number of guanidine groups is 1. The molecule has 0 radical (unpaired) electrons. The summed E-state index contributed by atoms with van der Waals surface area (Å²) < 4.78 is 7.58. The monoisotopic (exact) mass is 544 g/mol. The number of methoxy groups -OCH3 is 1. The number of aliphatic imine (C=N–C) groups is 1. The molecule has 166 valence electrons. The summed E-state index contributed by atoms with van der Waals surface area (Å²) >= 11 is 1.69. The SMILES string of the molecule is CN=C(NCCCc1nnc(SC)n1C1CCCC1)NCc1ccc(OC)cc1.I. The molecular formula is C21H33IN6OS. The zero-order valence-electron chi connectivity index (χ0n) is 18.1. The molecule has 1 saturated carbocycles. The van der Waals surface area contributed by atoms with Crippen LogP contribution in [0.1, 0.15) is 49.5 Å². The van der Waals surface area contributed by atoms with Crippen LogP contribution in [0.5, 0.6) is 5.75 Å². The van der Waals surface area contributed by atoms with E-state index in [4.69, 9.17) is 4.74 Å². The predicted octanol–water partition coefficient (Wildman–Crippen LogP) is 4.04. The van der Waals surface area contributed by atoms with Crippen molar-refractivity contribution in [2.45, 2.75) is 56.3 Å². The van der Waals surface area contributed by atoms with Gasteiger partial charge in [-0.2, -0.15) is 0 Å². The van der Waals surface area contributed by atoms with Crippen molar-refractivity contribution in [1.29, 1.82) is 0 Å².